The van der Waals surface area contributed by atoms with Gasteiger partial charge in [-0.3, -0.25) is 24.6 Å². The number of fused-ring (bicyclic) bond motifs is 2. The molecule has 17 nitrogen and oxygen atoms in total. The van der Waals surface area contributed by atoms with Gasteiger partial charge in [0.25, 0.3) is 0 Å². The Morgan fingerprint density at radius 2 is 1.19 bits per heavy atom. The van der Waals surface area contributed by atoms with Gasteiger partial charge in [-0.1, -0.05) is 50.2 Å². The van der Waals surface area contributed by atoms with Crippen molar-refractivity contribution in [2.45, 2.75) is 95.4 Å². The van der Waals surface area contributed by atoms with Crippen LogP contribution in [-0.2, 0) is 36.8 Å². The van der Waals surface area contributed by atoms with E-state index in [1.807, 2.05) is 62.4 Å². The van der Waals surface area contributed by atoms with E-state index in [-0.39, 0.29) is 44.0 Å². The third-order valence-corrected chi connectivity index (χ3v) is 9.71. The SMILES string of the molecule is CC(C)C[C@H](NC(=O)[C@H](Cc1c[nH]c2ccccc12)NC(=O)[C@@H](N)CCCNC(=N)N)C(=O)N[C@@H](Cc1c[nH]c2ccccc12)C(=O)N[C@@H](CCCCN)C(=O)O. The number of carbonyl (C=O) groups excluding carboxylic acids is 4. The number of carbonyl (C=O) groups is 5. The third kappa shape index (κ3) is 13.1. The number of guanidine groups is 1. The maximum absolute atomic E-state index is 14.2. The number of amides is 4. The van der Waals surface area contributed by atoms with Crippen LogP contribution in [0.2, 0.25) is 0 Å². The zero-order valence-corrected chi connectivity index (χ0v) is 32.5. The molecule has 0 saturated heterocycles. The second-order valence-electron chi connectivity index (χ2n) is 14.7. The summed E-state index contributed by atoms with van der Waals surface area (Å²) in [5.74, 6) is -4.05. The molecule has 2 heterocycles. The molecule has 2 aromatic carbocycles. The van der Waals surface area contributed by atoms with Crippen molar-refractivity contribution in [2.24, 2.45) is 23.1 Å². The quantitative estimate of drug-likeness (QED) is 0.0290. The number of para-hydroxylation sites is 2. The molecule has 5 atom stereocenters. The Bertz CT molecular complexity index is 1990. The van der Waals surface area contributed by atoms with Crippen LogP contribution in [0.15, 0.2) is 60.9 Å². The molecule has 0 spiro atoms. The zero-order chi connectivity index (χ0) is 41.5. The number of aromatic nitrogens is 2. The molecule has 0 saturated carbocycles. The van der Waals surface area contributed by atoms with Crippen LogP contribution in [0.3, 0.4) is 0 Å². The van der Waals surface area contributed by atoms with Crippen LogP contribution < -0.4 is 43.8 Å². The van der Waals surface area contributed by atoms with Gasteiger partial charge in [-0.05, 0) is 74.2 Å². The van der Waals surface area contributed by atoms with Crippen molar-refractivity contribution in [2.75, 3.05) is 13.1 Å². The van der Waals surface area contributed by atoms with Gasteiger partial charge in [0, 0.05) is 53.6 Å². The van der Waals surface area contributed by atoms with Gasteiger partial charge >= 0.3 is 5.97 Å². The van der Waals surface area contributed by atoms with E-state index < -0.39 is 59.8 Å². The first-order valence-corrected chi connectivity index (χ1v) is 19.3. The Balaban J connectivity index is 1.58. The van der Waals surface area contributed by atoms with Crippen molar-refractivity contribution in [1.82, 2.24) is 36.6 Å². The number of benzene rings is 2. The summed E-state index contributed by atoms with van der Waals surface area (Å²) in [4.78, 5) is 74.1. The van der Waals surface area contributed by atoms with Crippen LogP contribution in [-0.4, -0.2) is 93.9 Å². The minimum atomic E-state index is -1.21. The molecule has 17 heteroatoms. The highest BCUT2D eigenvalue weighted by Crippen LogP contribution is 2.21. The molecule has 0 aliphatic rings. The molecule has 0 unspecified atom stereocenters. The first-order valence-electron chi connectivity index (χ1n) is 19.3. The van der Waals surface area contributed by atoms with Crippen LogP contribution in [0.1, 0.15) is 63.5 Å². The summed E-state index contributed by atoms with van der Waals surface area (Å²) in [5.41, 5.74) is 20.3. The average Bonchev–Trinajstić information content (AvgIpc) is 3.78. The predicted molar refractivity (Wildman–Crippen MR) is 219 cm³/mol. The molecular weight excluding hydrogens is 731 g/mol. The minimum absolute atomic E-state index is 0.0259. The highest BCUT2D eigenvalue weighted by atomic mass is 16.4. The van der Waals surface area contributed by atoms with E-state index in [9.17, 15) is 29.1 Å². The van der Waals surface area contributed by atoms with Gasteiger partial charge in [0.1, 0.15) is 24.2 Å². The van der Waals surface area contributed by atoms with Crippen LogP contribution in [0.25, 0.3) is 21.8 Å². The summed E-state index contributed by atoms with van der Waals surface area (Å²) in [6.45, 7) is 4.48. The van der Waals surface area contributed by atoms with Crippen molar-refractivity contribution in [1.29, 1.82) is 5.41 Å². The highest BCUT2D eigenvalue weighted by Gasteiger charge is 2.33. The fourth-order valence-corrected chi connectivity index (χ4v) is 6.68. The van der Waals surface area contributed by atoms with Crippen molar-refractivity contribution in [3.8, 4) is 0 Å². The number of hydrogen-bond acceptors (Lipinski definition) is 8. The summed E-state index contributed by atoms with van der Waals surface area (Å²) in [6.07, 6.45) is 5.69. The van der Waals surface area contributed by atoms with E-state index in [0.717, 1.165) is 32.9 Å². The zero-order valence-electron chi connectivity index (χ0n) is 32.5. The van der Waals surface area contributed by atoms with Crippen molar-refractivity contribution < 1.29 is 29.1 Å². The summed E-state index contributed by atoms with van der Waals surface area (Å²) in [5, 5.41) is 32.6. The Labute approximate surface area is 331 Å². The molecule has 0 bridgehead atoms. The smallest absolute Gasteiger partial charge is 0.326 e. The van der Waals surface area contributed by atoms with Gasteiger partial charge in [0.05, 0.1) is 6.04 Å². The first-order chi connectivity index (χ1) is 27.3. The number of unbranched alkanes of at least 4 members (excludes halogenated alkanes) is 1. The normalized spacial score (nSPS) is 14.0. The number of carboxylic acids is 1. The molecule has 57 heavy (non-hydrogen) atoms. The summed E-state index contributed by atoms with van der Waals surface area (Å²) >= 11 is 0. The lowest BCUT2D eigenvalue weighted by atomic mass is 9.99. The predicted octanol–water partition coefficient (Wildman–Crippen LogP) is 1.22. The lowest BCUT2D eigenvalue weighted by Crippen LogP contribution is -2.59. The van der Waals surface area contributed by atoms with Gasteiger partial charge in [0.15, 0.2) is 5.96 Å². The molecule has 4 aromatic rings. The molecule has 0 aliphatic carbocycles. The van der Waals surface area contributed by atoms with Crippen LogP contribution in [0.5, 0.6) is 0 Å². The highest BCUT2D eigenvalue weighted by molar-refractivity contribution is 5.96. The van der Waals surface area contributed by atoms with Gasteiger partial charge in [-0.25, -0.2) is 4.79 Å². The van der Waals surface area contributed by atoms with Crippen LogP contribution in [0.4, 0.5) is 0 Å². The number of nitrogens with one attached hydrogen (secondary N) is 8. The average molecular weight is 788 g/mol. The van der Waals surface area contributed by atoms with Crippen molar-refractivity contribution >= 4 is 57.4 Å². The van der Waals surface area contributed by atoms with Crippen LogP contribution >= 0.6 is 0 Å². The van der Waals surface area contributed by atoms with E-state index in [1.54, 1.807) is 12.4 Å². The molecule has 0 fully saturated rings. The molecule has 15 N–H and O–H groups in total. The summed E-state index contributed by atoms with van der Waals surface area (Å²) in [6, 6.07) is 9.33. The second-order valence-corrected chi connectivity index (χ2v) is 14.7. The Hall–Kier alpha value is -5.94. The number of aliphatic carboxylic acids is 1. The van der Waals surface area contributed by atoms with E-state index in [1.165, 1.54) is 0 Å². The summed E-state index contributed by atoms with van der Waals surface area (Å²) < 4.78 is 0. The van der Waals surface area contributed by atoms with Gasteiger partial charge in [0.2, 0.25) is 23.6 Å². The standard InChI is InChI=1S/C40H57N11O6/c1-23(2)18-32(36(53)51-34(20-25-22-47-30-14-6-4-11-27(25)30)37(54)48-31(39(56)57)15-7-8-16-41)50-38(55)33(19-24-21-46-29-13-5-3-10-26(24)29)49-35(52)28(42)12-9-17-45-40(43)44/h3-6,10-11,13-14,21-23,28,31-34,46-47H,7-9,12,15-20,41-42H2,1-2H3,(H,48,54)(H,49,52)(H,50,55)(H,51,53)(H,56,57)(H4,43,44,45)/t28-,31-,32-,33-,34-/m0/s1. The first kappa shape index (κ1) is 43.8. The summed E-state index contributed by atoms with van der Waals surface area (Å²) in [7, 11) is 0. The number of H-pyrrole nitrogens is 2. The van der Waals surface area contributed by atoms with Gasteiger partial charge in [-0.15, -0.1) is 0 Å². The third-order valence-electron chi connectivity index (χ3n) is 9.71. The lowest BCUT2D eigenvalue weighted by molar-refractivity contribution is -0.142. The molecule has 2 aromatic heterocycles. The number of aromatic amines is 2. The van der Waals surface area contributed by atoms with Gasteiger partial charge < -0.3 is 58.9 Å². The molecule has 4 rings (SSSR count). The van der Waals surface area contributed by atoms with Crippen molar-refractivity contribution in [3.05, 3.63) is 72.1 Å². The minimum Gasteiger partial charge on any atom is -0.480 e. The number of hydrogen-bond donors (Lipinski definition) is 12. The van der Waals surface area contributed by atoms with E-state index in [4.69, 9.17) is 22.6 Å². The molecule has 0 aliphatic heterocycles. The molecule has 308 valence electrons. The Morgan fingerprint density at radius 1 is 0.702 bits per heavy atom. The Morgan fingerprint density at radius 3 is 1.70 bits per heavy atom. The molecule has 0 radical (unpaired) electrons. The van der Waals surface area contributed by atoms with E-state index in [0.29, 0.717) is 32.4 Å². The molecular formula is C40H57N11O6. The van der Waals surface area contributed by atoms with Crippen LogP contribution in [0, 0.1) is 11.3 Å². The van der Waals surface area contributed by atoms with Gasteiger partial charge in [-0.2, -0.15) is 0 Å². The van der Waals surface area contributed by atoms with E-state index >= 15 is 0 Å². The fourth-order valence-electron chi connectivity index (χ4n) is 6.68. The van der Waals surface area contributed by atoms with Crippen molar-refractivity contribution in [3.63, 3.8) is 0 Å². The lowest BCUT2D eigenvalue weighted by Gasteiger charge is -2.27. The molecule has 4 amide bonds. The maximum Gasteiger partial charge on any atom is 0.326 e. The number of carboxylic acid groups (broad SMARTS) is 1. The maximum atomic E-state index is 14.2. The Kier molecular flexibility index (Phi) is 16.4. The topological polar surface area (TPSA) is 299 Å². The van der Waals surface area contributed by atoms with E-state index in [2.05, 4.69) is 36.6 Å². The second kappa shape index (κ2) is 21.4. The fraction of sp³-hybridized carbons (Fsp3) is 0.450. The number of nitrogens with two attached hydrogens (primary N) is 3. The number of rotatable bonds is 23. The largest absolute Gasteiger partial charge is 0.480 e. The monoisotopic (exact) mass is 787 g/mol.